The number of furan rings is 1. The highest BCUT2D eigenvalue weighted by Crippen LogP contribution is 2.50. The fourth-order valence-corrected chi connectivity index (χ4v) is 9.94. The van der Waals surface area contributed by atoms with Crippen molar-refractivity contribution < 1.29 is 4.42 Å². The molecule has 0 unspecified atom stereocenters. The van der Waals surface area contributed by atoms with E-state index in [1.54, 1.807) is 0 Å². The molecule has 0 fully saturated rings. The first kappa shape index (κ1) is 37.1. The lowest BCUT2D eigenvalue weighted by molar-refractivity contribution is 0.660. The predicted molar refractivity (Wildman–Crippen MR) is 263 cm³/mol. The summed E-state index contributed by atoms with van der Waals surface area (Å²) in [5.74, 6) is 0. The largest absolute Gasteiger partial charge is 0.456 e. The summed E-state index contributed by atoms with van der Waals surface area (Å²) in [6, 6.07) is 41.9. The molecule has 1 heterocycles. The monoisotopic (exact) mass is 742 g/mol. The van der Waals surface area contributed by atoms with Crippen LogP contribution in [0.25, 0.3) is 98.8 Å². The first-order chi connectivity index (χ1) is 28.9. The molecule has 11 rings (SSSR count). The number of hydrogen-bond donors (Lipinski definition) is 0. The molecule has 9 aromatic carbocycles. The van der Waals surface area contributed by atoms with Crippen molar-refractivity contribution in [1.82, 2.24) is 0 Å². The molecule has 0 aliphatic heterocycles. The summed E-state index contributed by atoms with van der Waals surface area (Å²) in [6.07, 6.45) is 0. The summed E-state index contributed by atoms with van der Waals surface area (Å²) >= 11 is 0. The van der Waals surface area contributed by atoms with Crippen molar-refractivity contribution in [2.24, 2.45) is 0 Å². The molecule has 0 saturated carbocycles. The zero-order valence-corrected chi connectivity index (χ0v) is 33.1. The van der Waals surface area contributed by atoms with Gasteiger partial charge in [-0.1, -0.05) is 133 Å². The molecule has 16 radical (unpaired) electrons. The normalized spacial score (nSPS) is 13.2. The zero-order valence-electron chi connectivity index (χ0n) is 33.1. The van der Waals surface area contributed by atoms with E-state index in [0.29, 0.717) is 38.3 Å². The Hall–Kier alpha value is -5.92. The third kappa shape index (κ3) is 4.99. The number of fused-ring (bicyclic) bond motifs is 9. The smallest absolute Gasteiger partial charge is 0.136 e. The molecule has 1 nitrogen and oxygen atoms in total. The van der Waals surface area contributed by atoms with Crippen LogP contribution < -0.4 is 43.7 Å². The van der Waals surface area contributed by atoms with Crippen LogP contribution in [0.5, 0.6) is 0 Å². The second-order valence-corrected chi connectivity index (χ2v) is 16.5. The minimum atomic E-state index is -0.138. The van der Waals surface area contributed by atoms with Crippen LogP contribution >= 0.6 is 0 Å². The van der Waals surface area contributed by atoms with Gasteiger partial charge in [-0.05, 0) is 112 Å². The molecule has 0 spiro atoms. The van der Waals surface area contributed by atoms with Gasteiger partial charge < -0.3 is 4.42 Å². The minimum absolute atomic E-state index is 0.138. The van der Waals surface area contributed by atoms with Crippen LogP contribution in [0, 0.1) is 0 Å². The Morgan fingerprint density at radius 3 is 1.50 bits per heavy atom. The molecule has 0 amide bonds. The van der Waals surface area contributed by atoms with E-state index in [1.165, 1.54) is 22.3 Å². The molecule has 9 heteroatoms. The van der Waals surface area contributed by atoms with Crippen LogP contribution in [0.4, 0.5) is 0 Å². The Labute approximate surface area is 359 Å². The van der Waals surface area contributed by atoms with Crippen molar-refractivity contribution in [2.75, 3.05) is 0 Å². The van der Waals surface area contributed by atoms with Gasteiger partial charge in [0.05, 0.1) is 0 Å². The predicted octanol–water partition coefficient (Wildman–Crippen LogP) is 4.70. The Morgan fingerprint density at radius 2 is 0.867 bits per heavy atom. The highest BCUT2D eigenvalue weighted by molar-refractivity contribution is 6.71. The van der Waals surface area contributed by atoms with Crippen molar-refractivity contribution in [3.05, 3.63) is 132 Å². The van der Waals surface area contributed by atoms with Crippen molar-refractivity contribution in [1.29, 1.82) is 0 Å². The molecule has 10 aromatic rings. The molecule has 0 saturated heterocycles. The van der Waals surface area contributed by atoms with Gasteiger partial charge in [-0.15, -0.1) is 21.9 Å². The van der Waals surface area contributed by atoms with E-state index in [1.807, 2.05) is 30.3 Å². The summed E-state index contributed by atoms with van der Waals surface area (Å²) in [5.41, 5.74) is 13.1. The molecule has 0 bridgehead atoms. The molecular weight excluding hydrogens is 715 g/mol. The second-order valence-electron chi connectivity index (χ2n) is 16.5. The van der Waals surface area contributed by atoms with Crippen molar-refractivity contribution >= 4 is 161 Å². The molecule has 0 atom stereocenters. The van der Waals surface area contributed by atoms with Crippen LogP contribution in [-0.4, -0.2) is 62.8 Å². The lowest BCUT2D eigenvalue weighted by atomic mass is 9.59. The van der Waals surface area contributed by atoms with Crippen molar-refractivity contribution in [2.45, 2.75) is 19.3 Å². The molecule has 60 heavy (non-hydrogen) atoms. The third-order valence-corrected chi connectivity index (χ3v) is 13.0. The Morgan fingerprint density at radius 1 is 0.367 bits per heavy atom. The Kier molecular flexibility index (Phi) is 8.06. The summed E-state index contributed by atoms with van der Waals surface area (Å²) in [7, 11) is 55.3. The molecular formula is C51H26B8O. The van der Waals surface area contributed by atoms with Crippen LogP contribution in [-0.2, 0) is 5.41 Å². The van der Waals surface area contributed by atoms with E-state index in [-0.39, 0.29) is 49.1 Å². The van der Waals surface area contributed by atoms with E-state index in [9.17, 15) is 0 Å². The van der Waals surface area contributed by atoms with Crippen LogP contribution in [0.15, 0.2) is 126 Å². The lowest BCUT2D eigenvalue weighted by Gasteiger charge is -2.28. The van der Waals surface area contributed by atoms with E-state index >= 15 is 0 Å². The van der Waals surface area contributed by atoms with Gasteiger partial charge in [0.2, 0.25) is 0 Å². The maximum absolute atomic E-state index is 7.11. The van der Waals surface area contributed by atoms with E-state index in [4.69, 9.17) is 67.2 Å². The van der Waals surface area contributed by atoms with Gasteiger partial charge in [0, 0.05) is 16.2 Å². The van der Waals surface area contributed by atoms with Crippen molar-refractivity contribution in [3.8, 4) is 44.5 Å². The van der Waals surface area contributed by atoms with E-state index in [0.717, 1.165) is 49.4 Å². The number of benzene rings is 9. The van der Waals surface area contributed by atoms with Crippen LogP contribution in [0.2, 0.25) is 0 Å². The lowest BCUT2D eigenvalue weighted by Crippen LogP contribution is -2.50. The molecule has 1 aromatic heterocycles. The highest BCUT2D eigenvalue weighted by Gasteiger charge is 2.35. The zero-order chi connectivity index (χ0) is 41.5. The highest BCUT2D eigenvalue weighted by atomic mass is 16.3. The summed E-state index contributed by atoms with van der Waals surface area (Å²) in [6.45, 7) is 4.57. The standard InChI is InChI=1S/C51H26B8O/c1-51(2)32-12-6-5-10-28(32)29-19-18-27(21-33(29)51)23-14-16-24(17-15-23)36-39-41(45(54)49(58)47(56)43(39)52)38(42-40(36)44(53)48(57)50(59)46(42)55)30-11-7-13-34-37(30)31-20-25-8-3-4-9-26(25)22-35(31)60-34/h3-22H,1-2H3. The average molecular weight is 741 g/mol. The van der Waals surface area contributed by atoms with Gasteiger partial charge in [0.15, 0.2) is 0 Å². The minimum Gasteiger partial charge on any atom is -0.456 e. The first-order valence-electron chi connectivity index (χ1n) is 19.8. The van der Waals surface area contributed by atoms with Gasteiger partial charge >= 0.3 is 0 Å². The van der Waals surface area contributed by atoms with Gasteiger partial charge in [0.25, 0.3) is 0 Å². The summed E-state index contributed by atoms with van der Waals surface area (Å²) < 4.78 is 6.53. The van der Waals surface area contributed by atoms with Crippen LogP contribution in [0.1, 0.15) is 25.0 Å². The average Bonchev–Trinajstić information content (AvgIpc) is 3.75. The fourth-order valence-electron chi connectivity index (χ4n) is 9.94. The van der Waals surface area contributed by atoms with E-state index < -0.39 is 0 Å². The van der Waals surface area contributed by atoms with E-state index in [2.05, 4.69) is 105 Å². The van der Waals surface area contributed by atoms with Crippen LogP contribution in [0.3, 0.4) is 0 Å². The van der Waals surface area contributed by atoms with Gasteiger partial charge in [-0.3, -0.25) is 0 Å². The van der Waals surface area contributed by atoms with Crippen molar-refractivity contribution in [3.63, 3.8) is 0 Å². The maximum Gasteiger partial charge on any atom is 0.136 e. The van der Waals surface area contributed by atoms with Gasteiger partial charge in [0.1, 0.15) is 73.9 Å². The molecule has 0 N–H and O–H groups in total. The Balaban J connectivity index is 1.22. The molecule has 260 valence electrons. The first-order valence-corrected chi connectivity index (χ1v) is 19.8. The molecule has 1 aliphatic rings. The number of rotatable bonds is 3. The molecule has 1 aliphatic carbocycles. The summed E-state index contributed by atoms with van der Waals surface area (Å²) in [4.78, 5) is 0. The quantitative estimate of drug-likeness (QED) is 0.189. The SMILES string of the molecule is [B]c1c([B])c([B])c2c(-c3cccc4oc5cc6ccccc6cc5c34)c3c([B])c([B])c([B])c([B])c3c(-c3ccc(-c4ccc5c(c4)C(C)(C)c4ccccc4-5)cc3)c2c1[B]. The third-order valence-electron chi connectivity index (χ3n) is 13.0. The number of hydrogen-bond acceptors (Lipinski definition) is 1. The fraction of sp³-hybridized carbons (Fsp3) is 0.0588. The summed E-state index contributed by atoms with van der Waals surface area (Å²) in [5, 5.41) is 6.13. The second kappa shape index (κ2) is 13.0. The van der Waals surface area contributed by atoms with Gasteiger partial charge in [-0.2, -0.15) is 0 Å². The Bertz CT molecular complexity index is 3470. The maximum atomic E-state index is 7.11. The van der Waals surface area contributed by atoms with Gasteiger partial charge in [-0.25, -0.2) is 0 Å². The topological polar surface area (TPSA) is 13.1 Å².